The Hall–Kier alpha value is -2.08. The largest absolute Gasteiger partial charge is 0.343 e. The van der Waals surface area contributed by atoms with Crippen LogP contribution < -0.4 is 21.3 Å². The van der Waals surface area contributed by atoms with Crippen molar-refractivity contribution in [2.75, 3.05) is 24.6 Å². The molecule has 152 valence electrons. The summed E-state index contributed by atoms with van der Waals surface area (Å²) in [5.41, 5.74) is 0. The number of hydrogen-bond donors (Lipinski definition) is 4. The highest BCUT2D eigenvalue weighted by Gasteiger charge is 2.24. The third kappa shape index (κ3) is 6.51. The molecule has 12 heteroatoms. The molecule has 0 bridgehead atoms. The molecule has 3 rings (SSSR count). The summed E-state index contributed by atoms with van der Waals surface area (Å²) in [7, 11) is 0. The molecule has 6 amide bonds. The van der Waals surface area contributed by atoms with Crippen molar-refractivity contribution in [2.45, 2.75) is 25.7 Å². The molecule has 0 spiro atoms. The molecule has 2 aliphatic heterocycles. The van der Waals surface area contributed by atoms with E-state index >= 15 is 0 Å². The van der Waals surface area contributed by atoms with Crippen molar-refractivity contribution >= 4 is 57.7 Å². The molecule has 0 aromatic rings. The number of amides is 6. The van der Waals surface area contributed by atoms with Crippen LogP contribution in [-0.4, -0.2) is 58.8 Å². The second kappa shape index (κ2) is 9.92. The number of aliphatic imine (C=N–C) groups is 2. The van der Waals surface area contributed by atoms with Crippen LogP contribution in [0.3, 0.4) is 0 Å². The highest BCUT2D eigenvalue weighted by atomic mass is 32.2. The summed E-state index contributed by atoms with van der Waals surface area (Å²) in [5, 5.41) is 11.3. The zero-order valence-electron chi connectivity index (χ0n) is 15.2. The van der Waals surface area contributed by atoms with E-state index in [9.17, 15) is 19.2 Å². The first-order chi connectivity index (χ1) is 13.5. The van der Waals surface area contributed by atoms with E-state index in [0.29, 0.717) is 46.8 Å². The molecule has 0 unspecified atom stereocenters. The Bertz CT molecular complexity index is 668. The monoisotopic (exact) mass is 426 g/mol. The minimum absolute atomic E-state index is 0.146. The van der Waals surface area contributed by atoms with Gasteiger partial charge in [0.15, 0.2) is 10.3 Å². The third-order valence-electron chi connectivity index (χ3n) is 4.55. The first-order valence-corrected chi connectivity index (χ1v) is 11.0. The summed E-state index contributed by atoms with van der Waals surface area (Å²) in [6, 6.07) is -0.904. The van der Waals surface area contributed by atoms with E-state index in [2.05, 4.69) is 31.3 Å². The Morgan fingerprint density at radius 1 is 0.893 bits per heavy atom. The smallest absolute Gasteiger partial charge is 0.336 e. The van der Waals surface area contributed by atoms with Crippen molar-refractivity contribution in [1.82, 2.24) is 21.3 Å². The number of nitrogens with one attached hydrogen (secondary N) is 4. The molecule has 3 fully saturated rings. The van der Waals surface area contributed by atoms with Gasteiger partial charge in [-0.25, -0.2) is 9.59 Å². The number of hydrogen-bond acceptors (Lipinski definition) is 6. The molecule has 2 saturated heterocycles. The van der Waals surface area contributed by atoms with Gasteiger partial charge in [0.2, 0.25) is 11.8 Å². The SMILES string of the molecule is O=C1CS/C(=N\C(=O)NC[C@H]2CCC[C@H](CNC(=O)/N=C3\NC(=O)CS3)C2)N1. The van der Waals surface area contributed by atoms with Crippen molar-refractivity contribution in [2.24, 2.45) is 21.8 Å². The molecule has 1 aliphatic carbocycles. The lowest BCUT2D eigenvalue weighted by Crippen LogP contribution is -2.35. The topological polar surface area (TPSA) is 141 Å². The van der Waals surface area contributed by atoms with Crippen molar-refractivity contribution in [1.29, 1.82) is 0 Å². The number of amidine groups is 2. The summed E-state index contributed by atoms with van der Waals surface area (Å²) < 4.78 is 0. The first-order valence-electron chi connectivity index (χ1n) is 9.06. The normalized spacial score (nSPS) is 27.6. The molecule has 3 aliphatic rings. The van der Waals surface area contributed by atoms with E-state index in [4.69, 9.17) is 0 Å². The van der Waals surface area contributed by atoms with Gasteiger partial charge in [-0.3, -0.25) is 9.59 Å². The van der Waals surface area contributed by atoms with Gasteiger partial charge in [-0.2, -0.15) is 9.98 Å². The molecular formula is C16H22N6O4S2. The van der Waals surface area contributed by atoms with Gasteiger partial charge in [0.25, 0.3) is 0 Å². The lowest BCUT2D eigenvalue weighted by Gasteiger charge is -2.29. The van der Waals surface area contributed by atoms with Crippen molar-refractivity contribution in [3.63, 3.8) is 0 Å². The summed E-state index contributed by atoms with van der Waals surface area (Å²) in [6.45, 7) is 1.04. The van der Waals surface area contributed by atoms with Gasteiger partial charge < -0.3 is 21.3 Å². The number of thioether (sulfide) groups is 2. The number of nitrogens with zero attached hydrogens (tertiary/aromatic N) is 2. The van der Waals surface area contributed by atoms with E-state index in [0.717, 1.165) is 25.7 Å². The second-order valence-corrected chi connectivity index (χ2v) is 8.71. The number of urea groups is 2. The minimum Gasteiger partial charge on any atom is -0.336 e. The average molecular weight is 427 g/mol. The van der Waals surface area contributed by atoms with Crippen LogP contribution in [0, 0.1) is 11.8 Å². The lowest BCUT2D eigenvalue weighted by molar-refractivity contribution is -0.117. The van der Waals surface area contributed by atoms with E-state index in [1.807, 2.05) is 0 Å². The molecule has 0 aromatic heterocycles. The predicted molar refractivity (Wildman–Crippen MR) is 108 cm³/mol. The van der Waals surface area contributed by atoms with E-state index in [1.54, 1.807) is 0 Å². The molecule has 0 radical (unpaired) electrons. The Kier molecular flexibility index (Phi) is 7.31. The summed E-state index contributed by atoms with van der Waals surface area (Å²) in [4.78, 5) is 53.6. The predicted octanol–water partition coefficient (Wildman–Crippen LogP) is 0.650. The second-order valence-electron chi connectivity index (χ2n) is 6.78. The molecular weight excluding hydrogens is 404 g/mol. The summed E-state index contributed by atoms with van der Waals surface area (Å²) in [5.74, 6) is 0.932. The molecule has 2 heterocycles. The number of rotatable bonds is 4. The maximum Gasteiger partial charge on any atom is 0.343 e. The Morgan fingerprint density at radius 3 is 1.75 bits per heavy atom. The van der Waals surface area contributed by atoms with Crippen LogP contribution in [0.25, 0.3) is 0 Å². The van der Waals surface area contributed by atoms with Crippen LogP contribution in [0.15, 0.2) is 9.98 Å². The van der Waals surface area contributed by atoms with Gasteiger partial charge in [0, 0.05) is 13.1 Å². The molecule has 0 aromatic carbocycles. The lowest BCUT2D eigenvalue weighted by atomic mass is 9.81. The van der Waals surface area contributed by atoms with Crippen LogP contribution in [0.4, 0.5) is 9.59 Å². The highest BCUT2D eigenvalue weighted by Crippen LogP contribution is 2.28. The fourth-order valence-corrected chi connectivity index (χ4v) is 4.62. The molecule has 4 N–H and O–H groups in total. The average Bonchev–Trinajstić information content (AvgIpc) is 3.26. The summed E-state index contributed by atoms with van der Waals surface area (Å²) >= 11 is 2.43. The Morgan fingerprint density at radius 2 is 1.36 bits per heavy atom. The van der Waals surface area contributed by atoms with Crippen LogP contribution >= 0.6 is 23.5 Å². The Balaban J connectivity index is 1.36. The van der Waals surface area contributed by atoms with Crippen molar-refractivity contribution in [3.05, 3.63) is 0 Å². The zero-order valence-corrected chi connectivity index (χ0v) is 16.8. The molecule has 2 atom stereocenters. The van der Waals surface area contributed by atoms with Crippen molar-refractivity contribution < 1.29 is 19.2 Å². The fourth-order valence-electron chi connectivity index (χ4n) is 3.27. The minimum atomic E-state index is -0.452. The molecule has 1 saturated carbocycles. The van der Waals surface area contributed by atoms with Crippen LogP contribution in [0.5, 0.6) is 0 Å². The number of carbonyl (C=O) groups is 4. The molecule has 28 heavy (non-hydrogen) atoms. The van der Waals surface area contributed by atoms with Gasteiger partial charge in [0.1, 0.15) is 0 Å². The quantitative estimate of drug-likeness (QED) is 0.520. The fraction of sp³-hybridized carbons (Fsp3) is 0.625. The third-order valence-corrected chi connectivity index (χ3v) is 6.30. The van der Waals surface area contributed by atoms with Crippen molar-refractivity contribution in [3.8, 4) is 0 Å². The van der Waals surface area contributed by atoms with E-state index < -0.39 is 12.1 Å². The Labute approximate surface area is 170 Å². The van der Waals surface area contributed by atoms with Gasteiger partial charge in [-0.05, 0) is 31.1 Å². The standard InChI is InChI=1S/C16H22N6O4S2/c23-11-7-27-15(19-11)21-13(25)17-5-9-2-1-3-10(4-9)6-18-14(26)22-16-20-12(24)8-28-16/h9-10H,1-8H2,(H2,17,19,21,23,25)(H2,18,20,22,24,26)/t9-,10-/m0/s1. The first kappa shape index (κ1) is 20.6. The van der Waals surface area contributed by atoms with Crippen LogP contribution in [0.1, 0.15) is 25.7 Å². The van der Waals surface area contributed by atoms with Gasteiger partial charge in [-0.1, -0.05) is 29.9 Å². The van der Waals surface area contributed by atoms with Gasteiger partial charge in [0.05, 0.1) is 11.5 Å². The van der Waals surface area contributed by atoms with Gasteiger partial charge in [-0.15, -0.1) is 0 Å². The van der Waals surface area contributed by atoms with Crippen LogP contribution in [0.2, 0.25) is 0 Å². The van der Waals surface area contributed by atoms with Gasteiger partial charge >= 0.3 is 12.1 Å². The zero-order chi connectivity index (χ0) is 19.9. The molecule has 10 nitrogen and oxygen atoms in total. The number of carbonyl (C=O) groups excluding carboxylic acids is 4. The highest BCUT2D eigenvalue weighted by molar-refractivity contribution is 8.15. The van der Waals surface area contributed by atoms with E-state index in [1.165, 1.54) is 23.5 Å². The van der Waals surface area contributed by atoms with E-state index in [-0.39, 0.29) is 11.8 Å². The summed E-state index contributed by atoms with van der Waals surface area (Å²) in [6.07, 6.45) is 3.95. The maximum absolute atomic E-state index is 11.9. The van der Waals surface area contributed by atoms with Crippen LogP contribution in [-0.2, 0) is 9.59 Å². The maximum atomic E-state index is 11.9.